The predicted molar refractivity (Wildman–Crippen MR) is 86.9 cm³/mol. The van der Waals surface area contributed by atoms with Crippen molar-refractivity contribution in [2.24, 2.45) is 0 Å². The van der Waals surface area contributed by atoms with Gasteiger partial charge in [0.1, 0.15) is 22.3 Å². The van der Waals surface area contributed by atoms with Crippen LogP contribution in [-0.2, 0) is 10.0 Å². The average molecular weight is 348 g/mol. The lowest BCUT2D eigenvalue weighted by molar-refractivity contribution is 0.278. The number of hydrogen-bond donors (Lipinski definition) is 2. The summed E-state index contributed by atoms with van der Waals surface area (Å²) in [6.07, 6.45) is 0.771. The van der Waals surface area contributed by atoms with E-state index in [0.29, 0.717) is 12.8 Å². The van der Waals surface area contributed by atoms with E-state index < -0.39 is 32.3 Å². The van der Waals surface area contributed by atoms with Gasteiger partial charge in [0.15, 0.2) is 0 Å². The highest BCUT2D eigenvalue weighted by molar-refractivity contribution is 7.89. The van der Waals surface area contributed by atoms with Gasteiger partial charge in [-0.3, -0.25) is 0 Å². The van der Waals surface area contributed by atoms with Gasteiger partial charge in [-0.15, -0.1) is 0 Å². The monoisotopic (exact) mass is 348 g/mol. The van der Waals surface area contributed by atoms with Crippen LogP contribution in [0.25, 0.3) is 0 Å². The lowest BCUT2D eigenvalue weighted by Crippen LogP contribution is -2.29. The number of aliphatic hydroxyl groups is 1. The van der Waals surface area contributed by atoms with Gasteiger partial charge in [0, 0.05) is 12.6 Å². The van der Waals surface area contributed by atoms with Crippen LogP contribution in [0.2, 0.25) is 0 Å². The fourth-order valence-corrected chi connectivity index (χ4v) is 3.79. The number of aliphatic hydroxyl groups excluding tert-OH is 1. The summed E-state index contributed by atoms with van der Waals surface area (Å²) in [7, 11) is -4.10. The molecule has 0 aliphatic heterocycles. The fraction of sp³-hybridized carbons (Fsp3) is 0.235. The van der Waals surface area contributed by atoms with Crippen molar-refractivity contribution in [1.82, 2.24) is 4.72 Å². The van der Waals surface area contributed by atoms with Crippen LogP contribution in [0.15, 0.2) is 53.4 Å². The molecule has 0 saturated carbocycles. The summed E-state index contributed by atoms with van der Waals surface area (Å²) in [6, 6.07) is 13.4. The molecule has 0 fully saturated rings. The van der Waals surface area contributed by atoms with E-state index in [9.17, 15) is 12.8 Å². The second kappa shape index (κ2) is 8.02. The first kappa shape index (κ1) is 18.1. The number of benzene rings is 2. The van der Waals surface area contributed by atoms with Gasteiger partial charge in [-0.1, -0.05) is 36.4 Å². The standard InChI is InChI=1S/C17H17FN2O3S/c18-15-8-4-10-17(14(15)12-19)24(22,23)20-16(9-5-11-21)13-6-2-1-3-7-13/h1-4,6-8,10,16,20-21H,5,9,11H2. The number of nitrogens with zero attached hydrogens (tertiary/aromatic N) is 1. The molecule has 0 heterocycles. The van der Waals surface area contributed by atoms with Gasteiger partial charge in [0.2, 0.25) is 10.0 Å². The Balaban J connectivity index is 2.38. The maximum atomic E-state index is 13.7. The van der Waals surface area contributed by atoms with E-state index in [4.69, 9.17) is 10.4 Å². The van der Waals surface area contributed by atoms with Gasteiger partial charge in [-0.2, -0.15) is 5.26 Å². The molecule has 5 nitrogen and oxygen atoms in total. The van der Waals surface area contributed by atoms with E-state index in [-0.39, 0.29) is 6.61 Å². The summed E-state index contributed by atoms with van der Waals surface area (Å²) >= 11 is 0. The topological polar surface area (TPSA) is 90.2 Å². The minimum atomic E-state index is -4.10. The van der Waals surface area contributed by atoms with Crippen LogP contribution in [0, 0.1) is 17.1 Å². The molecule has 0 saturated heterocycles. The predicted octanol–water partition coefficient (Wildman–Crippen LogP) is 2.49. The quantitative estimate of drug-likeness (QED) is 0.804. The molecule has 2 N–H and O–H groups in total. The Kier molecular flexibility index (Phi) is 6.04. The molecule has 7 heteroatoms. The van der Waals surface area contributed by atoms with Gasteiger partial charge in [-0.25, -0.2) is 17.5 Å². The normalized spacial score (nSPS) is 12.5. The zero-order valence-corrected chi connectivity index (χ0v) is 13.6. The van der Waals surface area contributed by atoms with E-state index >= 15 is 0 Å². The fourth-order valence-electron chi connectivity index (χ4n) is 2.36. The van der Waals surface area contributed by atoms with Gasteiger partial charge in [0.25, 0.3) is 0 Å². The molecule has 0 amide bonds. The summed E-state index contributed by atoms with van der Waals surface area (Å²) in [5, 5.41) is 18.1. The molecule has 0 aliphatic carbocycles. The summed E-state index contributed by atoms with van der Waals surface area (Å²) in [5.74, 6) is -0.882. The summed E-state index contributed by atoms with van der Waals surface area (Å²) in [6.45, 7) is -0.0749. The van der Waals surface area contributed by atoms with Crippen molar-refractivity contribution in [2.45, 2.75) is 23.8 Å². The number of hydrogen-bond acceptors (Lipinski definition) is 4. The van der Waals surface area contributed by atoms with Crippen LogP contribution in [0.3, 0.4) is 0 Å². The van der Waals surface area contributed by atoms with Gasteiger partial charge >= 0.3 is 0 Å². The molecule has 2 rings (SSSR count). The van der Waals surface area contributed by atoms with Crippen molar-refractivity contribution in [3.05, 3.63) is 65.5 Å². The Morgan fingerprint density at radius 2 is 1.88 bits per heavy atom. The van der Waals surface area contributed by atoms with Gasteiger partial charge in [0.05, 0.1) is 0 Å². The lowest BCUT2D eigenvalue weighted by Gasteiger charge is -2.19. The van der Waals surface area contributed by atoms with Crippen LogP contribution < -0.4 is 4.72 Å². The smallest absolute Gasteiger partial charge is 0.242 e. The van der Waals surface area contributed by atoms with Crippen molar-refractivity contribution in [2.75, 3.05) is 6.61 Å². The minimum absolute atomic E-state index is 0.0749. The molecule has 0 spiro atoms. The van der Waals surface area contributed by atoms with E-state index in [1.165, 1.54) is 12.1 Å². The van der Waals surface area contributed by atoms with Gasteiger partial charge < -0.3 is 5.11 Å². The van der Waals surface area contributed by atoms with E-state index in [1.54, 1.807) is 30.3 Å². The van der Waals surface area contributed by atoms with E-state index in [0.717, 1.165) is 11.6 Å². The molecule has 2 aromatic carbocycles. The van der Waals surface area contributed by atoms with Crippen LogP contribution in [0.5, 0.6) is 0 Å². The highest BCUT2D eigenvalue weighted by Gasteiger charge is 2.25. The average Bonchev–Trinajstić information content (AvgIpc) is 2.59. The Morgan fingerprint density at radius 3 is 2.50 bits per heavy atom. The van der Waals surface area contributed by atoms with Crippen LogP contribution in [0.4, 0.5) is 4.39 Å². The third kappa shape index (κ3) is 4.17. The van der Waals surface area contributed by atoms with Crippen LogP contribution in [0.1, 0.15) is 30.0 Å². The van der Waals surface area contributed by atoms with E-state index in [2.05, 4.69) is 4.72 Å². The zero-order chi connectivity index (χ0) is 17.6. The number of nitrogens with one attached hydrogen (secondary N) is 1. The maximum Gasteiger partial charge on any atom is 0.242 e. The van der Waals surface area contributed by atoms with E-state index in [1.807, 2.05) is 6.07 Å². The largest absolute Gasteiger partial charge is 0.396 e. The van der Waals surface area contributed by atoms with Crippen molar-refractivity contribution in [3.63, 3.8) is 0 Å². The number of sulfonamides is 1. The Bertz CT molecular complexity index is 833. The number of rotatable bonds is 7. The zero-order valence-electron chi connectivity index (χ0n) is 12.8. The molecule has 1 unspecified atom stereocenters. The molecule has 2 aromatic rings. The molecular weight excluding hydrogens is 331 g/mol. The highest BCUT2D eigenvalue weighted by Crippen LogP contribution is 2.24. The summed E-state index contributed by atoms with van der Waals surface area (Å²) in [5.41, 5.74) is 0.211. The molecule has 0 aromatic heterocycles. The molecule has 0 bridgehead atoms. The summed E-state index contributed by atoms with van der Waals surface area (Å²) in [4.78, 5) is -0.394. The second-order valence-corrected chi connectivity index (χ2v) is 6.86. The Labute approximate surface area is 140 Å². The van der Waals surface area contributed by atoms with Crippen molar-refractivity contribution < 1.29 is 17.9 Å². The van der Waals surface area contributed by atoms with Crippen LogP contribution >= 0.6 is 0 Å². The number of halogens is 1. The molecule has 126 valence electrons. The maximum absolute atomic E-state index is 13.7. The van der Waals surface area contributed by atoms with Crippen molar-refractivity contribution in [1.29, 1.82) is 5.26 Å². The number of nitriles is 1. The third-order valence-corrected chi connectivity index (χ3v) is 5.04. The molecule has 24 heavy (non-hydrogen) atoms. The first-order chi connectivity index (χ1) is 11.5. The molecular formula is C17H17FN2O3S. The highest BCUT2D eigenvalue weighted by atomic mass is 32.2. The van der Waals surface area contributed by atoms with Crippen LogP contribution in [-0.4, -0.2) is 20.1 Å². The first-order valence-electron chi connectivity index (χ1n) is 7.36. The van der Waals surface area contributed by atoms with Crippen molar-refractivity contribution >= 4 is 10.0 Å². The first-order valence-corrected chi connectivity index (χ1v) is 8.84. The minimum Gasteiger partial charge on any atom is -0.396 e. The Morgan fingerprint density at radius 1 is 1.17 bits per heavy atom. The summed E-state index contributed by atoms with van der Waals surface area (Å²) < 4.78 is 41.4. The molecule has 1 atom stereocenters. The second-order valence-electron chi connectivity index (χ2n) is 5.18. The lowest BCUT2D eigenvalue weighted by atomic mass is 10.0. The molecule has 0 radical (unpaired) electrons. The molecule has 0 aliphatic rings. The van der Waals surface area contributed by atoms with Crippen molar-refractivity contribution in [3.8, 4) is 6.07 Å². The van der Waals surface area contributed by atoms with Gasteiger partial charge in [-0.05, 0) is 30.5 Å². The third-order valence-electron chi connectivity index (χ3n) is 3.53. The SMILES string of the molecule is N#Cc1c(F)cccc1S(=O)(=O)NC(CCCO)c1ccccc1. The Hall–Kier alpha value is -2.27.